The van der Waals surface area contributed by atoms with Crippen LogP contribution in [0.5, 0.6) is 0 Å². The molecular weight excluding hydrogens is 416 g/mol. The Morgan fingerprint density at radius 3 is 2.76 bits per heavy atom. The molecule has 2 heterocycles. The van der Waals surface area contributed by atoms with Crippen molar-refractivity contribution in [2.45, 2.75) is 25.7 Å². The van der Waals surface area contributed by atoms with Crippen LogP contribution in [0, 0.1) is 0 Å². The van der Waals surface area contributed by atoms with E-state index in [9.17, 15) is 0 Å². The van der Waals surface area contributed by atoms with E-state index >= 15 is 0 Å². The number of hydrogen-bond acceptors (Lipinski definition) is 4. The fourth-order valence-corrected chi connectivity index (χ4v) is 6.19. The number of allylic oxidation sites excluding steroid dienone is 1. The van der Waals surface area contributed by atoms with Crippen LogP contribution >= 0.6 is 34.3 Å². The van der Waals surface area contributed by atoms with Crippen molar-refractivity contribution in [1.82, 2.24) is 4.98 Å². The molecule has 29 heavy (non-hydrogen) atoms. The van der Waals surface area contributed by atoms with E-state index in [1.807, 2.05) is 54.0 Å². The smallest absolute Gasteiger partial charge is 0.127 e. The lowest BCUT2D eigenvalue weighted by Crippen LogP contribution is -1.99. The van der Waals surface area contributed by atoms with Crippen LogP contribution in [-0.2, 0) is 12.8 Å². The van der Waals surface area contributed by atoms with Crippen molar-refractivity contribution in [2.24, 2.45) is 4.99 Å². The van der Waals surface area contributed by atoms with Gasteiger partial charge in [-0.25, -0.2) is 9.98 Å². The van der Waals surface area contributed by atoms with Crippen LogP contribution in [-0.4, -0.2) is 11.2 Å². The molecule has 2 nitrogen and oxygen atoms in total. The zero-order valence-corrected chi connectivity index (χ0v) is 18.2. The molecule has 2 aromatic carbocycles. The Balaban J connectivity index is 1.54. The zero-order valence-electron chi connectivity index (χ0n) is 15.8. The van der Waals surface area contributed by atoms with Crippen molar-refractivity contribution in [3.8, 4) is 10.6 Å². The van der Waals surface area contributed by atoms with Gasteiger partial charge in [0.15, 0.2) is 0 Å². The second-order valence-corrected chi connectivity index (χ2v) is 9.62. The maximum absolute atomic E-state index is 6.17. The first-order chi connectivity index (χ1) is 14.3. The summed E-state index contributed by atoms with van der Waals surface area (Å²) in [5, 5.41) is 2.85. The van der Waals surface area contributed by atoms with Gasteiger partial charge in [0.05, 0.1) is 15.8 Å². The second-order valence-electron chi connectivity index (χ2n) is 7.07. The lowest BCUT2D eigenvalue weighted by atomic mass is 9.96. The van der Waals surface area contributed by atoms with Gasteiger partial charge in [0, 0.05) is 16.1 Å². The van der Waals surface area contributed by atoms with E-state index < -0.39 is 0 Å². The van der Waals surface area contributed by atoms with Crippen molar-refractivity contribution in [3.63, 3.8) is 0 Å². The van der Waals surface area contributed by atoms with Crippen LogP contribution in [0.1, 0.15) is 28.8 Å². The minimum absolute atomic E-state index is 0.728. The molecule has 0 N–H and O–H groups in total. The van der Waals surface area contributed by atoms with Gasteiger partial charge in [-0.3, -0.25) is 0 Å². The molecule has 2 aromatic heterocycles. The maximum Gasteiger partial charge on any atom is 0.127 e. The van der Waals surface area contributed by atoms with E-state index in [0.29, 0.717) is 0 Å². The predicted octanol–water partition coefficient (Wildman–Crippen LogP) is 7.97. The standard InChI is InChI=1S/C24H19ClN2S2/c25-17-12-13-21-19(15-17)27-24(29-21)22-18-10-4-5-11-20(18)28-23(22)26-14-6-9-16-7-2-1-3-8-16/h1-3,6-9,12-15H,4-5,10-11H2/b9-6+,26-14?. The molecule has 0 saturated heterocycles. The summed E-state index contributed by atoms with van der Waals surface area (Å²) >= 11 is 9.73. The number of thiazole rings is 1. The van der Waals surface area contributed by atoms with Gasteiger partial charge in [-0.2, -0.15) is 0 Å². The van der Waals surface area contributed by atoms with E-state index in [-0.39, 0.29) is 0 Å². The number of rotatable bonds is 4. The molecule has 1 aliphatic carbocycles. The van der Waals surface area contributed by atoms with Crippen molar-refractivity contribution >= 4 is 61.8 Å². The number of halogens is 1. The normalized spacial score (nSPS) is 14.2. The SMILES string of the molecule is Clc1ccc2sc(-c3c(N=C/C=C/c4ccccc4)sc4c3CCCC4)nc2c1. The summed E-state index contributed by atoms with van der Waals surface area (Å²) in [7, 11) is 0. The molecule has 0 spiro atoms. The van der Waals surface area contributed by atoms with Crippen LogP contribution in [0.2, 0.25) is 5.02 Å². The third-order valence-electron chi connectivity index (χ3n) is 5.08. The highest BCUT2D eigenvalue weighted by molar-refractivity contribution is 7.22. The quantitative estimate of drug-likeness (QED) is 0.299. The summed E-state index contributed by atoms with van der Waals surface area (Å²) in [6, 6.07) is 16.2. The molecule has 0 saturated carbocycles. The Hall–Kier alpha value is -2.27. The van der Waals surface area contributed by atoms with Gasteiger partial charge in [-0.15, -0.1) is 22.7 Å². The second kappa shape index (κ2) is 8.23. The van der Waals surface area contributed by atoms with Gasteiger partial charge in [0.1, 0.15) is 10.0 Å². The molecule has 4 aromatic rings. The number of hydrogen-bond donors (Lipinski definition) is 0. The number of benzene rings is 2. The summed E-state index contributed by atoms with van der Waals surface area (Å²) in [6.45, 7) is 0. The lowest BCUT2D eigenvalue weighted by Gasteiger charge is -2.11. The van der Waals surface area contributed by atoms with Gasteiger partial charge >= 0.3 is 0 Å². The monoisotopic (exact) mass is 434 g/mol. The van der Waals surface area contributed by atoms with Crippen molar-refractivity contribution in [3.05, 3.63) is 75.6 Å². The molecular formula is C24H19ClN2S2. The van der Waals surface area contributed by atoms with E-state index in [4.69, 9.17) is 21.6 Å². The molecule has 0 unspecified atom stereocenters. The third-order valence-corrected chi connectivity index (χ3v) is 7.57. The summed E-state index contributed by atoms with van der Waals surface area (Å²) in [4.78, 5) is 11.2. The summed E-state index contributed by atoms with van der Waals surface area (Å²) in [6.07, 6.45) is 10.8. The Morgan fingerprint density at radius 2 is 1.86 bits per heavy atom. The topological polar surface area (TPSA) is 25.2 Å². The fraction of sp³-hybridized carbons (Fsp3) is 0.167. The zero-order chi connectivity index (χ0) is 19.6. The number of thiophene rings is 1. The van der Waals surface area contributed by atoms with E-state index in [1.54, 1.807) is 11.3 Å². The molecule has 144 valence electrons. The highest BCUT2D eigenvalue weighted by atomic mass is 35.5. The summed E-state index contributed by atoms with van der Waals surface area (Å²) < 4.78 is 1.17. The minimum Gasteiger partial charge on any atom is -0.245 e. The van der Waals surface area contributed by atoms with E-state index in [1.165, 1.54) is 39.1 Å². The van der Waals surface area contributed by atoms with Gasteiger partial charge in [0.2, 0.25) is 0 Å². The first-order valence-corrected chi connectivity index (χ1v) is 11.8. The number of fused-ring (bicyclic) bond motifs is 2. The fourth-order valence-electron chi connectivity index (χ4n) is 3.70. The highest BCUT2D eigenvalue weighted by Gasteiger charge is 2.23. The molecule has 0 atom stereocenters. The first-order valence-electron chi connectivity index (χ1n) is 9.75. The third kappa shape index (κ3) is 3.93. The number of nitrogens with zero attached hydrogens (tertiary/aromatic N) is 2. The summed E-state index contributed by atoms with van der Waals surface area (Å²) in [5.41, 5.74) is 4.82. The summed E-state index contributed by atoms with van der Waals surface area (Å²) in [5.74, 6) is 0. The number of aryl methyl sites for hydroxylation is 1. The molecule has 0 amide bonds. The molecule has 5 rings (SSSR count). The predicted molar refractivity (Wildman–Crippen MR) is 128 cm³/mol. The molecule has 0 bridgehead atoms. The highest BCUT2D eigenvalue weighted by Crippen LogP contribution is 2.47. The molecule has 0 fully saturated rings. The average Bonchev–Trinajstić information content (AvgIpc) is 3.32. The van der Waals surface area contributed by atoms with Gasteiger partial charge < -0.3 is 0 Å². The molecule has 1 aliphatic rings. The van der Waals surface area contributed by atoms with Gasteiger partial charge in [0.25, 0.3) is 0 Å². The maximum atomic E-state index is 6.17. The average molecular weight is 435 g/mol. The van der Waals surface area contributed by atoms with Crippen molar-refractivity contribution in [1.29, 1.82) is 0 Å². The van der Waals surface area contributed by atoms with Crippen molar-refractivity contribution in [2.75, 3.05) is 0 Å². The molecule has 5 heteroatoms. The van der Waals surface area contributed by atoms with Crippen LogP contribution in [0.4, 0.5) is 5.00 Å². The Bertz CT molecular complexity index is 1220. The van der Waals surface area contributed by atoms with Crippen LogP contribution in [0.15, 0.2) is 59.6 Å². The van der Waals surface area contributed by atoms with Crippen molar-refractivity contribution < 1.29 is 0 Å². The first kappa shape index (κ1) is 18.7. The number of aliphatic imine (C=N–C) groups is 1. The largest absolute Gasteiger partial charge is 0.245 e. The molecule has 0 aliphatic heterocycles. The Morgan fingerprint density at radius 1 is 1.00 bits per heavy atom. The van der Waals surface area contributed by atoms with Gasteiger partial charge in [-0.05, 0) is 61.1 Å². The van der Waals surface area contributed by atoms with Crippen LogP contribution < -0.4 is 0 Å². The van der Waals surface area contributed by atoms with Crippen LogP contribution in [0.3, 0.4) is 0 Å². The lowest BCUT2D eigenvalue weighted by molar-refractivity contribution is 0.698. The molecule has 0 radical (unpaired) electrons. The minimum atomic E-state index is 0.728. The van der Waals surface area contributed by atoms with Crippen LogP contribution in [0.25, 0.3) is 26.9 Å². The Labute approximate surface area is 183 Å². The number of aromatic nitrogens is 1. The van der Waals surface area contributed by atoms with E-state index in [2.05, 4.69) is 24.3 Å². The Kier molecular flexibility index (Phi) is 5.32. The van der Waals surface area contributed by atoms with E-state index in [0.717, 1.165) is 33.4 Å². The van der Waals surface area contributed by atoms with Gasteiger partial charge in [-0.1, -0.05) is 48.0 Å².